The maximum absolute atomic E-state index is 12.9. The SMILES string of the molecule is COc1ccccc1-c1nnc(SC(C)C(=O)Nc2ccccc2Cl)n1-c1ccc(Cl)cc1. The van der Waals surface area contributed by atoms with Crippen molar-refractivity contribution >= 4 is 46.6 Å². The van der Waals surface area contributed by atoms with Crippen LogP contribution in [0.3, 0.4) is 0 Å². The Labute approximate surface area is 205 Å². The second kappa shape index (κ2) is 10.3. The number of ether oxygens (including phenoxy) is 1. The van der Waals surface area contributed by atoms with Crippen LogP contribution in [0.5, 0.6) is 5.75 Å². The maximum atomic E-state index is 12.9. The Bertz CT molecular complexity index is 1280. The van der Waals surface area contributed by atoms with Crippen molar-refractivity contribution in [2.24, 2.45) is 0 Å². The summed E-state index contributed by atoms with van der Waals surface area (Å²) in [7, 11) is 1.61. The molecule has 1 N–H and O–H groups in total. The van der Waals surface area contributed by atoms with Gasteiger partial charge in [0.05, 0.1) is 28.6 Å². The summed E-state index contributed by atoms with van der Waals surface area (Å²) in [5.74, 6) is 1.06. The molecule has 9 heteroatoms. The van der Waals surface area contributed by atoms with Crippen molar-refractivity contribution < 1.29 is 9.53 Å². The quantitative estimate of drug-likeness (QED) is 0.299. The van der Waals surface area contributed by atoms with E-state index >= 15 is 0 Å². The normalized spacial score (nSPS) is 11.8. The minimum absolute atomic E-state index is 0.197. The third kappa shape index (κ3) is 5.16. The van der Waals surface area contributed by atoms with Crippen molar-refractivity contribution in [3.8, 4) is 22.8 Å². The van der Waals surface area contributed by atoms with Gasteiger partial charge < -0.3 is 10.1 Å². The van der Waals surface area contributed by atoms with Gasteiger partial charge in [0.2, 0.25) is 5.91 Å². The number of anilines is 1. The fourth-order valence-corrected chi connectivity index (χ4v) is 4.36. The van der Waals surface area contributed by atoms with Gasteiger partial charge in [-0.2, -0.15) is 0 Å². The van der Waals surface area contributed by atoms with Crippen LogP contribution < -0.4 is 10.1 Å². The molecule has 0 aliphatic rings. The van der Waals surface area contributed by atoms with Crippen LogP contribution in [0.2, 0.25) is 10.0 Å². The Morgan fingerprint density at radius 2 is 1.70 bits per heavy atom. The second-order valence-corrected chi connectivity index (χ2v) is 9.20. The summed E-state index contributed by atoms with van der Waals surface area (Å²) in [5.41, 5.74) is 2.15. The summed E-state index contributed by atoms with van der Waals surface area (Å²) in [6.45, 7) is 1.81. The minimum atomic E-state index is -0.470. The van der Waals surface area contributed by atoms with E-state index in [2.05, 4.69) is 15.5 Å². The number of carbonyl (C=O) groups is 1. The van der Waals surface area contributed by atoms with Crippen molar-refractivity contribution in [2.45, 2.75) is 17.3 Å². The first kappa shape index (κ1) is 23.2. The highest BCUT2D eigenvalue weighted by Gasteiger charge is 2.23. The summed E-state index contributed by atoms with van der Waals surface area (Å²) in [5, 5.41) is 12.9. The molecule has 0 spiro atoms. The van der Waals surface area contributed by atoms with Crippen molar-refractivity contribution in [2.75, 3.05) is 12.4 Å². The fourth-order valence-electron chi connectivity index (χ4n) is 3.18. The number of aromatic nitrogens is 3. The molecule has 1 amide bonds. The Hall–Kier alpha value is -3.00. The Morgan fingerprint density at radius 3 is 2.42 bits per heavy atom. The van der Waals surface area contributed by atoms with E-state index in [1.807, 2.05) is 53.1 Å². The van der Waals surface area contributed by atoms with E-state index in [1.54, 1.807) is 38.3 Å². The predicted molar refractivity (Wildman–Crippen MR) is 134 cm³/mol. The molecule has 0 bridgehead atoms. The molecule has 0 aliphatic heterocycles. The van der Waals surface area contributed by atoms with Crippen LogP contribution in [0.15, 0.2) is 78.0 Å². The maximum Gasteiger partial charge on any atom is 0.237 e. The lowest BCUT2D eigenvalue weighted by atomic mass is 10.2. The molecular formula is C24H20Cl2N4O2S. The highest BCUT2D eigenvalue weighted by molar-refractivity contribution is 8.00. The number of hydrogen-bond donors (Lipinski definition) is 1. The van der Waals surface area contributed by atoms with Gasteiger partial charge in [0.1, 0.15) is 5.75 Å². The molecule has 1 heterocycles. The number of rotatable bonds is 7. The van der Waals surface area contributed by atoms with Gasteiger partial charge in [-0.15, -0.1) is 10.2 Å². The molecule has 3 aromatic carbocycles. The van der Waals surface area contributed by atoms with Crippen LogP contribution >= 0.6 is 35.0 Å². The first-order valence-electron chi connectivity index (χ1n) is 10.0. The lowest BCUT2D eigenvalue weighted by molar-refractivity contribution is -0.115. The molecule has 0 saturated carbocycles. The minimum Gasteiger partial charge on any atom is -0.496 e. The summed E-state index contributed by atoms with van der Waals surface area (Å²) in [4.78, 5) is 12.9. The van der Waals surface area contributed by atoms with Crippen LogP contribution in [0.4, 0.5) is 5.69 Å². The monoisotopic (exact) mass is 498 g/mol. The first-order chi connectivity index (χ1) is 16.0. The van der Waals surface area contributed by atoms with Crippen LogP contribution in [-0.2, 0) is 4.79 Å². The number of methoxy groups -OCH3 is 1. The standard InChI is InChI=1S/C24H20Cl2N4O2S/c1-15(23(31)27-20-9-5-4-8-19(20)26)33-24-29-28-22(18-7-3-6-10-21(18)32-2)30(24)17-13-11-16(25)12-14-17/h3-15H,1-2H3,(H,27,31). The summed E-state index contributed by atoms with van der Waals surface area (Å²) in [6, 6.07) is 22.0. The zero-order chi connectivity index (χ0) is 23.4. The van der Waals surface area contributed by atoms with Crippen LogP contribution in [0.1, 0.15) is 6.92 Å². The van der Waals surface area contributed by atoms with E-state index in [0.29, 0.717) is 32.5 Å². The van der Waals surface area contributed by atoms with E-state index in [-0.39, 0.29) is 5.91 Å². The van der Waals surface area contributed by atoms with Crippen molar-refractivity contribution in [3.05, 3.63) is 82.8 Å². The highest BCUT2D eigenvalue weighted by atomic mass is 35.5. The second-order valence-electron chi connectivity index (χ2n) is 7.05. The van der Waals surface area contributed by atoms with Gasteiger partial charge in [-0.25, -0.2) is 0 Å². The molecule has 1 atom stereocenters. The number of nitrogens with zero attached hydrogens (tertiary/aromatic N) is 3. The average molecular weight is 499 g/mol. The summed E-state index contributed by atoms with van der Waals surface area (Å²) < 4.78 is 7.42. The smallest absolute Gasteiger partial charge is 0.237 e. The van der Waals surface area contributed by atoms with E-state index < -0.39 is 5.25 Å². The summed E-state index contributed by atoms with van der Waals surface area (Å²) >= 11 is 13.6. The van der Waals surface area contributed by atoms with Crippen molar-refractivity contribution in [1.29, 1.82) is 0 Å². The van der Waals surface area contributed by atoms with Gasteiger partial charge in [-0.05, 0) is 55.5 Å². The van der Waals surface area contributed by atoms with Gasteiger partial charge in [0.15, 0.2) is 11.0 Å². The molecule has 6 nitrogen and oxygen atoms in total. The Balaban J connectivity index is 1.69. The van der Waals surface area contributed by atoms with Gasteiger partial charge in [0.25, 0.3) is 0 Å². The number of para-hydroxylation sites is 2. The van der Waals surface area contributed by atoms with Gasteiger partial charge in [-0.1, -0.05) is 59.2 Å². The highest BCUT2D eigenvalue weighted by Crippen LogP contribution is 2.35. The van der Waals surface area contributed by atoms with E-state index in [1.165, 1.54) is 11.8 Å². The molecule has 1 unspecified atom stereocenters. The van der Waals surface area contributed by atoms with Gasteiger partial charge in [-0.3, -0.25) is 9.36 Å². The lowest BCUT2D eigenvalue weighted by Gasteiger charge is -2.15. The van der Waals surface area contributed by atoms with Crippen molar-refractivity contribution in [1.82, 2.24) is 14.8 Å². The van der Waals surface area contributed by atoms with Crippen LogP contribution in [-0.4, -0.2) is 33.0 Å². The Morgan fingerprint density at radius 1 is 1.00 bits per heavy atom. The number of nitrogens with one attached hydrogen (secondary N) is 1. The van der Waals surface area contributed by atoms with E-state index in [4.69, 9.17) is 27.9 Å². The topological polar surface area (TPSA) is 69.0 Å². The average Bonchev–Trinajstić information content (AvgIpc) is 3.24. The zero-order valence-electron chi connectivity index (χ0n) is 17.8. The molecule has 0 saturated heterocycles. The molecule has 168 valence electrons. The number of benzene rings is 3. The molecule has 33 heavy (non-hydrogen) atoms. The number of halogens is 2. The predicted octanol–water partition coefficient (Wildman–Crippen LogP) is 6.37. The molecule has 0 fully saturated rings. The van der Waals surface area contributed by atoms with Gasteiger partial charge >= 0.3 is 0 Å². The number of hydrogen-bond acceptors (Lipinski definition) is 5. The first-order valence-corrected chi connectivity index (χ1v) is 11.7. The molecule has 4 rings (SSSR count). The Kier molecular flexibility index (Phi) is 7.23. The molecule has 4 aromatic rings. The third-order valence-electron chi connectivity index (χ3n) is 4.85. The largest absolute Gasteiger partial charge is 0.496 e. The molecule has 0 aliphatic carbocycles. The van der Waals surface area contributed by atoms with Crippen LogP contribution in [0, 0.1) is 0 Å². The van der Waals surface area contributed by atoms with E-state index in [0.717, 1.165) is 11.3 Å². The molecular weight excluding hydrogens is 479 g/mol. The van der Waals surface area contributed by atoms with E-state index in [9.17, 15) is 4.79 Å². The van der Waals surface area contributed by atoms with Crippen LogP contribution in [0.25, 0.3) is 17.1 Å². The van der Waals surface area contributed by atoms with Gasteiger partial charge in [0, 0.05) is 10.7 Å². The lowest BCUT2D eigenvalue weighted by Crippen LogP contribution is -2.23. The third-order valence-corrected chi connectivity index (χ3v) is 6.47. The summed E-state index contributed by atoms with van der Waals surface area (Å²) in [6.07, 6.45) is 0. The number of thioether (sulfide) groups is 1. The molecule has 1 aromatic heterocycles. The number of carbonyl (C=O) groups excluding carboxylic acids is 1. The number of amides is 1. The fraction of sp³-hybridized carbons (Fsp3) is 0.125. The zero-order valence-corrected chi connectivity index (χ0v) is 20.2. The van der Waals surface area contributed by atoms with Crippen molar-refractivity contribution in [3.63, 3.8) is 0 Å². The molecule has 0 radical (unpaired) electrons.